The molecule has 0 aliphatic carbocycles. The fourth-order valence-corrected chi connectivity index (χ4v) is 2.66. The number of nitrogens with zero attached hydrogens (tertiary/aromatic N) is 2. The van der Waals surface area contributed by atoms with E-state index >= 15 is 0 Å². The topological polar surface area (TPSA) is 51.5 Å². The van der Waals surface area contributed by atoms with Gasteiger partial charge < -0.3 is 10.2 Å². The third-order valence-electron chi connectivity index (χ3n) is 3.67. The third-order valence-corrected chi connectivity index (χ3v) is 4.04. The maximum Gasteiger partial charge on any atom is 1.00 e. The summed E-state index contributed by atoms with van der Waals surface area (Å²) in [5.41, 5.74) is -1.01. The van der Waals surface area contributed by atoms with E-state index in [0.717, 1.165) is 12.8 Å². The van der Waals surface area contributed by atoms with Gasteiger partial charge >= 0.3 is 29.6 Å². The van der Waals surface area contributed by atoms with E-state index in [9.17, 15) is 9.59 Å². The zero-order valence-electron chi connectivity index (χ0n) is 11.8. The van der Waals surface area contributed by atoms with Gasteiger partial charge in [0.1, 0.15) is 0 Å². The van der Waals surface area contributed by atoms with Crippen LogP contribution in [0.25, 0.3) is 5.32 Å². The molecule has 0 radical (unpaired) electrons. The van der Waals surface area contributed by atoms with Crippen LogP contribution in [0, 0.1) is 11.3 Å². The molecule has 18 heavy (non-hydrogen) atoms. The fourth-order valence-electron chi connectivity index (χ4n) is 2.49. The van der Waals surface area contributed by atoms with Crippen LogP contribution < -0.4 is 29.6 Å². The van der Waals surface area contributed by atoms with E-state index in [2.05, 4.69) is 5.32 Å². The van der Waals surface area contributed by atoms with Crippen LogP contribution >= 0.6 is 12.2 Å². The molecule has 1 fully saturated rings. The Morgan fingerprint density at radius 2 is 1.94 bits per heavy atom. The smallest absolute Gasteiger partial charge is 0.408 e. The number of amides is 2. The zero-order valence-corrected chi connectivity index (χ0v) is 14.6. The van der Waals surface area contributed by atoms with Crippen molar-refractivity contribution in [1.29, 1.82) is 0 Å². The second-order valence-corrected chi connectivity index (χ2v) is 4.94. The normalized spacial score (nSPS) is 25.6. The number of hydrogen-bond acceptors (Lipinski definition) is 3. The minimum atomic E-state index is -1.01. The average Bonchev–Trinajstić information content (AvgIpc) is 2.28. The third kappa shape index (κ3) is 2.79. The van der Waals surface area contributed by atoms with Gasteiger partial charge in [-0.05, 0) is 18.8 Å². The van der Waals surface area contributed by atoms with Gasteiger partial charge in [-0.15, -0.1) is 0 Å². The Morgan fingerprint density at radius 1 is 1.39 bits per heavy atom. The molecule has 2 amide bonds. The molecule has 0 spiro atoms. The standard InChI is InChI=1S/C12H20N2O2S.Na/c1-5-7-8(3)12(6-2)9(15)13-11(17)14(4)10(12)16;/h8H,5-7H2,1-4H3,(H,13,15,17);/q;+1/p-1. The molecule has 1 aliphatic heterocycles. The molecule has 96 valence electrons. The molecule has 4 nitrogen and oxygen atoms in total. The van der Waals surface area contributed by atoms with Crippen LogP contribution in [0.4, 0.5) is 0 Å². The van der Waals surface area contributed by atoms with Crippen molar-refractivity contribution in [3.8, 4) is 0 Å². The predicted molar refractivity (Wildman–Crippen MR) is 70.5 cm³/mol. The summed E-state index contributed by atoms with van der Waals surface area (Å²) in [4.78, 5) is 25.8. The van der Waals surface area contributed by atoms with Crippen LogP contribution in [-0.4, -0.2) is 28.9 Å². The summed E-state index contributed by atoms with van der Waals surface area (Å²) in [5.74, 6) is -0.577. The Morgan fingerprint density at radius 3 is 2.39 bits per heavy atom. The van der Waals surface area contributed by atoms with Crippen LogP contribution in [0.2, 0.25) is 0 Å². The van der Waals surface area contributed by atoms with Gasteiger partial charge in [-0.3, -0.25) is 9.59 Å². The van der Waals surface area contributed by atoms with Crippen molar-refractivity contribution in [1.82, 2.24) is 4.90 Å². The van der Waals surface area contributed by atoms with Crippen molar-refractivity contribution >= 4 is 29.1 Å². The predicted octanol–water partition coefficient (Wildman–Crippen LogP) is -0.520. The van der Waals surface area contributed by atoms with Crippen molar-refractivity contribution < 1.29 is 39.1 Å². The first kappa shape index (κ1) is 18.0. The molecular weight excluding hydrogens is 259 g/mol. The molecule has 1 rings (SSSR count). The van der Waals surface area contributed by atoms with E-state index < -0.39 is 5.41 Å². The molecule has 0 aromatic heterocycles. The van der Waals surface area contributed by atoms with E-state index in [1.165, 1.54) is 4.90 Å². The first-order valence-electron chi connectivity index (χ1n) is 6.00. The van der Waals surface area contributed by atoms with Crippen LogP contribution in [0.1, 0.15) is 40.0 Å². The average molecular weight is 278 g/mol. The molecule has 0 bridgehead atoms. The summed E-state index contributed by atoms with van der Waals surface area (Å²) in [6.45, 7) is 5.85. The minimum absolute atomic E-state index is 0. The van der Waals surface area contributed by atoms with Crippen LogP contribution in [0.15, 0.2) is 0 Å². The Labute approximate surface area is 136 Å². The van der Waals surface area contributed by atoms with E-state index in [0.29, 0.717) is 6.42 Å². The zero-order chi connectivity index (χ0) is 13.2. The molecule has 1 heterocycles. The van der Waals surface area contributed by atoms with E-state index in [1.54, 1.807) is 7.05 Å². The maximum atomic E-state index is 12.4. The van der Waals surface area contributed by atoms with Gasteiger partial charge in [0.2, 0.25) is 0 Å². The summed E-state index contributed by atoms with van der Waals surface area (Å²) in [6.07, 6.45) is 2.25. The van der Waals surface area contributed by atoms with Crippen LogP contribution in [0.3, 0.4) is 0 Å². The monoisotopic (exact) mass is 278 g/mol. The summed E-state index contributed by atoms with van der Waals surface area (Å²) in [7, 11) is 1.59. The fraction of sp³-hybridized carbons (Fsp3) is 0.750. The summed E-state index contributed by atoms with van der Waals surface area (Å²) >= 11 is 4.90. The number of carbonyl (C=O) groups is 2. The Kier molecular flexibility index (Phi) is 7.00. The molecule has 2 unspecified atom stereocenters. The quantitative estimate of drug-likeness (QED) is 0.395. The Hall–Kier alpha value is 0.0300. The van der Waals surface area contributed by atoms with Crippen molar-refractivity contribution in [2.24, 2.45) is 11.3 Å². The molecule has 2 atom stereocenters. The molecule has 1 aliphatic rings. The van der Waals surface area contributed by atoms with Crippen molar-refractivity contribution in [3.63, 3.8) is 0 Å². The first-order valence-corrected chi connectivity index (χ1v) is 6.40. The Balaban J connectivity index is 0.00000289. The van der Waals surface area contributed by atoms with E-state index in [4.69, 9.17) is 12.2 Å². The second kappa shape index (κ2) is 6.98. The number of hydrogen-bond donors (Lipinski definition) is 0. The molecule has 0 saturated carbocycles. The summed E-state index contributed by atoms with van der Waals surface area (Å²) < 4.78 is 0. The molecule has 0 aromatic carbocycles. The molecule has 0 aromatic rings. The van der Waals surface area contributed by atoms with Crippen molar-refractivity contribution in [2.75, 3.05) is 7.05 Å². The molecule has 6 heteroatoms. The van der Waals surface area contributed by atoms with Crippen molar-refractivity contribution in [2.45, 2.75) is 40.0 Å². The van der Waals surface area contributed by atoms with Crippen LogP contribution in [-0.2, 0) is 9.59 Å². The van der Waals surface area contributed by atoms with Gasteiger partial charge in [0.05, 0.1) is 5.41 Å². The molecule has 0 N–H and O–H groups in total. The summed E-state index contributed by atoms with van der Waals surface area (Å²) in [6, 6.07) is 0. The second-order valence-electron chi connectivity index (χ2n) is 4.58. The molecular formula is C12H19N2NaO2S. The molecule has 1 saturated heterocycles. The van der Waals surface area contributed by atoms with Crippen molar-refractivity contribution in [3.05, 3.63) is 5.32 Å². The van der Waals surface area contributed by atoms with E-state index in [1.807, 2.05) is 20.8 Å². The van der Waals surface area contributed by atoms with Gasteiger partial charge in [-0.1, -0.05) is 46.5 Å². The minimum Gasteiger partial charge on any atom is -0.408 e. The number of carbonyl (C=O) groups excluding carboxylic acids is 2. The summed E-state index contributed by atoms with van der Waals surface area (Å²) in [5, 5.41) is 3.92. The number of thiocarbonyl (C=S) groups is 1. The van der Waals surface area contributed by atoms with E-state index in [-0.39, 0.29) is 52.4 Å². The Bertz CT molecular complexity index is 362. The maximum absolute atomic E-state index is 12.4. The van der Waals surface area contributed by atoms with Gasteiger partial charge in [0.25, 0.3) is 0 Å². The van der Waals surface area contributed by atoms with Gasteiger partial charge in [0.15, 0.2) is 11.8 Å². The van der Waals surface area contributed by atoms with Crippen LogP contribution in [0.5, 0.6) is 0 Å². The largest absolute Gasteiger partial charge is 1.00 e. The van der Waals surface area contributed by atoms with Gasteiger partial charge in [0, 0.05) is 5.11 Å². The number of rotatable bonds is 4. The van der Waals surface area contributed by atoms with Gasteiger partial charge in [-0.25, -0.2) is 0 Å². The van der Waals surface area contributed by atoms with Gasteiger partial charge in [-0.2, -0.15) is 0 Å². The first-order chi connectivity index (χ1) is 7.91. The SMILES string of the molecule is CCCC(C)C1(CC)C(=O)[N-]C(=S)N(C)C1=O.[Na+].